The molecular weight excluding hydrogens is 707 g/mol. The molecule has 3 aliphatic carbocycles. The molecule has 0 radical (unpaired) electrons. The second kappa shape index (κ2) is 13.5. The molecular formula is C38H43FN4O11. The zero-order chi connectivity index (χ0) is 39.7. The van der Waals surface area contributed by atoms with E-state index >= 15 is 4.39 Å². The van der Waals surface area contributed by atoms with E-state index < -0.39 is 92.6 Å². The first-order chi connectivity index (χ1) is 25.1. The highest BCUT2D eigenvalue weighted by Crippen LogP contribution is 2.57. The summed E-state index contributed by atoms with van der Waals surface area (Å²) < 4.78 is 43.9. The number of nitrogens with zero attached hydrogens (tertiary/aromatic N) is 3. The van der Waals surface area contributed by atoms with Crippen molar-refractivity contribution in [1.82, 2.24) is 10.1 Å². The number of aliphatic hydroxyl groups excluding tert-OH is 1. The molecule has 1 fully saturated rings. The van der Waals surface area contributed by atoms with Crippen molar-refractivity contribution >= 4 is 35.3 Å². The summed E-state index contributed by atoms with van der Waals surface area (Å²) >= 11 is 0. The first-order valence-electron chi connectivity index (χ1n) is 17.3. The standard InChI is InChI=1S/C38H43FN4O11/c1-36(2,3)52-34(47)43(40)23-16-22(39)20-14-19-15-21-27(42(7)8)30-26(33(41-54-30)50-17-18-12-10-9-11-13-18)32(46)38(21,49)31(45)24(19)28(44)25(20)29(23)51-35(48)53-37(4,5)6/h9-13,16,19,21,27,44,49H,14-15,17,40H2,1-8H3/t19-,21-,27-,38-/m0/s1. The lowest BCUT2D eigenvalue weighted by atomic mass is 9.57. The lowest BCUT2D eigenvalue weighted by Gasteiger charge is -2.49. The molecule has 0 unspecified atom stereocenters. The molecule has 4 atom stereocenters. The minimum absolute atomic E-state index is 0.00386. The van der Waals surface area contributed by atoms with Crippen LogP contribution in [0.1, 0.15) is 86.8 Å². The molecule has 0 aliphatic heterocycles. The Balaban J connectivity index is 1.49. The van der Waals surface area contributed by atoms with Crippen molar-refractivity contribution in [2.45, 2.75) is 83.8 Å². The lowest BCUT2D eigenvalue weighted by Crippen LogP contribution is -2.63. The highest BCUT2D eigenvalue weighted by molar-refractivity contribution is 6.26. The van der Waals surface area contributed by atoms with Crippen molar-refractivity contribution in [3.05, 3.63) is 75.8 Å². The Hall–Kier alpha value is -5.32. The van der Waals surface area contributed by atoms with Crippen LogP contribution in [0.5, 0.6) is 11.6 Å². The Morgan fingerprint density at radius 3 is 2.30 bits per heavy atom. The number of carbonyl (C=O) groups excluding carboxylic acids is 4. The fourth-order valence-electron chi connectivity index (χ4n) is 7.29. The first kappa shape index (κ1) is 38.4. The SMILES string of the molecule is CN(C)[C@@H]1c2onc(OCc3ccccc3)c2C(=O)[C@@]2(O)C(=O)C3=C(O)c4c(c(F)cc(N(N)C(=O)OC(C)(C)C)c4OC(=O)OC(C)(C)C)C[C@H]3C[C@@H]12. The van der Waals surface area contributed by atoms with E-state index in [1.54, 1.807) is 84.8 Å². The molecule has 2 aromatic carbocycles. The molecule has 1 heterocycles. The number of carbonyl (C=O) groups is 4. The fourth-order valence-corrected chi connectivity index (χ4v) is 7.29. The molecule has 54 heavy (non-hydrogen) atoms. The van der Waals surface area contributed by atoms with Crippen LogP contribution < -0.4 is 20.3 Å². The molecule has 1 aromatic heterocycles. The topological polar surface area (TPSA) is 204 Å². The van der Waals surface area contributed by atoms with Gasteiger partial charge >= 0.3 is 12.2 Å². The van der Waals surface area contributed by atoms with E-state index in [9.17, 15) is 29.4 Å². The van der Waals surface area contributed by atoms with E-state index in [4.69, 9.17) is 29.3 Å². The predicted molar refractivity (Wildman–Crippen MR) is 189 cm³/mol. The molecule has 0 spiro atoms. The Labute approximate surface area is 310 Å². The number of aromatic nitrogens is 1. The number of hydrazine groups is 1. The predicted octanol–water partition coefficient (Wildman–Crippen LogP) is 5.58. The van der Waals surface area contributed by atoms with E-state index in [0.29, 0.717) is 5.01 Å². The number of rotatable bonds is 6. The number of amides is 1. The van der Waals surface area contributed by atoms with Crippen LogP contribution in [0.25, 0.3) is 5.76 Å². The molecule has 288 valence electrons. The van der Waals surface area contributed by atoms with Gasteiger partial charge in [0.2, 0.25) is 11.6 Å². The van der Waals surface area contributed by atoms with Gasteiger partial charge in [-0.3, -0.25) is 14.5 Å². The van der Waals surface area contributed by atoms with Gasteiger partial charge in [0, 0.05) is 23.1 Å². The number of anilines is 1. The summed E-state index contributed by atoms with van der Waals surface area (Å²) in [5.74, 6) is -0.788. The summed E-state index contributed by atoms with van der Waals surface area (Å²) in [7, 11) is 3.34. The van der Waals surface area contributed by atoms with Crippen molar-refractivity contribution in [2.75, 3.05) is 19.1 Å². The normalized spacial score (nSPS) is 22.2. The largest absolute Gasteiger partial charge is 0.514 e. The third-order valence-electron chi connectivity index (χ3n) is 9.44. The van der Waals surface area contributed by atoms with Crippen molar-refractivity contribution in [3.8, 4) is 11.6 Å². The van der Waals surface area contributed by atoms with Gasteiger partial charge in [0.25, 0.3) is 5.88 Å². The van der Waals surface area contributed by atoms with Gasteiger partial charge in [-0.15, -0.1) is 0 Å². The number of fused-ring (bicyclic) bond motifs is 4. The van der Waals surface area contributed by atoms with Crippen LogP contribution >= 0.6 is 0 Å². The molecule has 1 amide bonds. The van der Waals surface area contributed by atoms with Gasteiger partial charge in [0.1, 0.15) is 40.6 Å². The van der Waals surface area contributed by atoms with Gasteiger partial charge in [0.15, 0.2) is 17.1 Å². The van der Waals surface area contributed by atoms with Crippen molar-refractivity contribution in [3.63, 3.8) is 0 Å². The second-order valence-electron chi connectivity index (χ2n) is 15.8. The summed E-state index contributed by atoms with van der Waals surface area (Å²) in [6.07, 6.45) is -2.81. The third kappa shape index (κ3) is 6.69. The van der Waals surface area contributed by atoms with Gasteiger partial charge in [-0.2, -0.15) is 0 Å². The third-order valence-corrected chi connectivity index (χ3v) is 9.44. The number of hydrogen-bond donors (Lipinski definition) is 3. The van der Waals surface area contributed by atoms with E-state index in [1.165, 1.54) is 0 Å². The second-order valence-corrected chi connectivity index (χ2v) is 15.8. The number of benzene rings is 2. The number of nitrogens with two attached hydrogens (primary N) is 1. The van der Waals surface area contributed by atoms with Crippen molar-refractivity contribution < 1.29 is 57.3 Å². The van der Waals surface area contributed by atoms with Gasteiger partial charge < -0.3 is 33.7 Å². The van der Waals surface area contributed by atoms with Crippen molar-refractivity contribution in [2.24, 2.45) is 17.7 Å². The van der Waals surface area contributed by atoms with Crippen LogP contribution in [0, 0.1) is 17.7 Å². The van der Waals surface area contributed by atoms with Crippen LogP contribution in [-0.2, 0) is 27.3 Å². The van der Waals surface area contributed by atoms with E-state index in [0.717, 1.165) is 11.6 Å². The van der Waals surface area contributed by atoms with E-state index in [1.807, 2.05) is 6.07 Å². The van der Waals surface area contributed by atoms with Crippen LogP contribution in [0.2, 0.25) is 0 Å². The van der Waals surface area contributed by atoms with Gasteiger partial charge in [-0.1, -0.05) is 30.3 Å². The number of hydrogen-bond acceptors (Lipinski definition) is 14. The van der Waals surface area contributed by atoms with Gasteiger partial charge in [-0.25, -0.2) is 24.8 Å². The van der Waals surface area contributed by atoms with E-state index in [-0.39, 0.29) is 42.2 Å². The highest BCUT2D eigenvalue weighted by atomic mass is 19.1. The molecule has 1 saturated carbocycles. The summed E-state index contributed by atoms with van der Waals surface area (Å²) in [6.45, 7) is 9.40. The number of aliphatic hydroxyl groups is 2. The van der Waals surface area contributed by atoms with Gasteiger partial charge in [0.05, 0.1) is 11.6 Å². The van der Waals surface area contributed by atoms with Crippen molar-refractivity contribution in [1.29, 1.82) is 0 Å². The Morgan fingerprint density at radius 2 is 1.69 bits per heavy atom. The van der Waals surface area contributed by atoms with Crippen LogP contribution in [0.3, 0.4) is 0 Å². The molecule has 0 saturated heterocycles. The maximum atomic E-state index is 16.2. The molecule has 0 bridgehead atoms. The zero-order valence-corrected chi connectivity index (χ0v) is 31.2. The molecule has 3 aliphatic rings. The quantitative estimate of drug-likeness (QED) is 0.0703. The monoisotopic (exact) mass is 750 g/mol. The summed E-state index contributed by atoms with van der Waals surface area (Å²) in [4.78, 5) is 56.9. The maximum Gasteiger partial charge on any atom is 0.514 e. The molecule has 4 N–H and O–H groups in total. The molecule has 3 aromatic rings. The Bertz CT molecular complexity index is 2060. The lowest BCUT2D eigenvalue weighted by molar-refractivity contribution is -0.142. The van der Waals surface area contributed by atoms with Gasteiger partial charge in [-0.05, 0) is 85.1 Å². The smallest absolute Gasteiger partial charge is 0.507 e. The minimum Gasteiger partial charge on any atom is -0.507 e. The molecule has 16 heteroatoms. The van der Waals surface area contributed by atoms with E-state index in [2.05, 4.69) is 5.16 Å². The summed E-state index contributed by atoms with van der Waals surface area (Å²) in [5.41, 5.74) is -6.00. The average Bonchev–Trinajstić information content (AvgIpc) is 3.48. The Kier molecular flexibility index (Phi) is 9.61. The summed E-state index contributed by atoms with van der Waals surface area (Å²) in [6, 6.07) is 8.99. The van der Waals surface area contributed by atoms with Crippen LogP contribution in [-0.4, -0.2) is 75.0 Å². The molecule has 6 rings (SSSR count). The maximum absolute atomic E-state index is 16.2. The molecule has 15 nitrogen and oxygen atoms in total. The number of halogens is 1. The van der Waals surface area contributed by atoms with Crippen LogP contribution in [0.4, 0.5) is 19.7 Å². The zero-order valence-electron chi connectivity index (χ0n) is 31.2. The summed E-state index contributed by atoms with van der Waals surface area (Å²) in [5, 5.41) is 28.8. The van der Waals surface area contributed by atoms with Crippen LogP contribution in [0.15, 0.2) is 46.5 Å². The Morgan fingerprint density at radius 1 is 1.04 bits per heavy atom. The number of Topliss-reactive ketones (excluding diaryl/α,β-unsaturated/α-hetero) is 2. The number of ketones is 2. The number of ether oxygens (including phenoxy) is 4. The first-order valence-corrected chi connectivity index (χ1v) is 17.3. The highest BCUT2D eigenvalue weighted by Gasteiger charge is 2.65. The fraction of sp³-hybridized carbons (Fsp3) is 0.447. The average molecular weight is 751 g/mol. The minimum atomic E-state index is -2.77.